The quantitative estimate of drug-likeness (QED) is 0.931. The summed E-state index contributed by atoms with van der Waals surface area (Å²) in [5.74, 6) is 0.559. The standard InChI is InChI=1S/C16H20ClN3/c17-14-7-5-12(6-8-14)16-10-19-11-20(16)15-4-2-1-3-13(15)9-18/h5-8,10-11,13,15H,1-4,9,18H2. The minimum absolute atomic E-state index is 0.474. The molecule has 0 saturated heterocycles. The van der Waals surface area contributed by atoms with E-state index in [2.05, 4.69) is 21.7 Å². The lowest BCUT2D eigenvalue weighted by Crippen LogP contribution is -2.29. The lowest BCUT2D eigenvalue weighted by Gasteiger charge is -2.32. The van der Waals surface area contributed by atoms with Crippen LogP contribution in [0.2, 0.25) is 5.02 Å². The molecule has 0 bridgehead atoms. The van der Waals surface area contributed by atoms with Crippen LogP contribution in [-0.2, 0) is 0 Å². The second kappa shape index (κ2) is 5.98. The summed E-state index contributed by atoms with van der Waals surface area (Å²) in [6, 6.07) is 8.43. The molecule has 2 aromatic rings. The first-order chi connectivity index (χ1) is 9.79. The van der Waals surface area contributed by atoms with Gasteiger partial charge < -0.3 is 10.3 Å². The van der Waals surface area contributed by atoms with Crippen molar-refractivity contribution in [1.82, 2.24) is 9.55 Å². The van der Waals surface area contributed by atoms with E-state index < -0.39 is 0 Å². The molecule has 2 atom stereocenters. The zero-order chi connectivity index (χ0) is 13.9. The zero-order valence-electron chi connectivity index (χ0n) is 11.5. The molecule has 20 heavy (non-hydrogen) atoms. The Hall–Kier alpha value is -1.32. The highest BCUT2D eigenvalue weighted by atomic mass is 35.5. The van der Waals surface area contributed by atoms with E-state index in [1.165, 1.54) is 25.7 Å². The first-order valence-corrected chi connectivity index (χ1v) is 7.65. The van der Waals surface area contributed by atoms with Crippen LogP contribution in [0.4, 0.5) is 0 Å². The molecule has 1 aliphatic carbocycles. The summed E-state index contributed by atoms with van der Waals surface area (Å²) in [7, 11) is 0. The van der Waals surface area contributed by atoms with Gasteiger partial charge in [-0.25, -0.2) is 4.98 Å². The lowest BCUT2D eigenvalue weighted by atomic mass is 9.84. The van der Waals surface area contributed by atoms with Crippen molar-refractivity contribution in [2.45, 2.75) is 31.7 Å². The van der Waals surface area contributed by atoms with E-state index in [1.54, 1.807) is 0 Å². The second-order valence-corrected chi connectivity index (χ2v) is 5.98. The molecule has 0 spiro atoms. The molecule has 1 aliphatic rings. The number of imidazole rings is 1. The van der Waals surface area contributed by atoms with Crippen LogP contribution in [0, 0.1) is 5.92 Å². The van der Waals surface area contributed by atoms with Crippen LogP contribution >= 0.6 is 11.6 Å². The predicted molar refractivity (Wildman–Crippen MR) is 82.7 cm³/mol. The number of benzene rings is 1. The summed E-state index contributed by atoms with van der Waals surface area (Å²) in [6.07, 6.45) is 8.87. The van der Waals surface area contributed by atoms with E-state index in [0.717, 1.165) is 22.8 Å². The molecule has 1 fully saturated rings. The van der Waals surface area contributed by atoms with E-state index in [-0.39, 0.29) is 0 Å². The average Bonchev–Trinajstić information content (AvgIpc) is 2.97. The third kappa shape index (κ3) is 2.60. The monoisotopic (exact) mass is 289 g/mol. The van der Waals surface area contributed by atoms with Crippen molar-refractivity contribution >= 4 is 11.6 Å². The molecular formula is C16H20ClN3. The molecule has 1 saturated carbocycles. The maximum atomic E-state index is 5.97. The molecule has 0 radical (unpaired) electrons. The SMILES string of the molecule is NCC1CCCCC1n1cncc1-c1ccc(Cl)cc1. The number of hydrogen-bond donors (Lipinski definition) is 1. The van der Waals surface area contributed by atoms with Crippen molar-refractivity contribution in [2.75, 3.05) is 6.54 Å². The van der Waals surface area contributed by atoms with Crippen LogP contribution in [0.1, 0.15) is 31.7 Å². The Morgan fingerprint density at radius 2 is 1.95 bits per heavy atom. The second-order valence-electron chi connectivity index (χ2n) is 5.54. The van der Waals surface area contributed by atoms with Crippen LogP contribution in [-0.4, -0.2) is 16.1 Å². The number of rotatable bonds is 3. The molecule has 2 N–H and O–H groups in total. The van der Waals surface area contributed by atoms with E-state index in [4.69, 9.17) is 17.3 Å². The van der Waals surface area contributed by atoms with E-state index in [0.29, 0.717) is 12.0 Å². The summed E-state index contributed by atoms with van der Waals surface area (Å²) >= 11 is 5.97. The van der Waals surface area contributed by atoms with Gasteiger partial charge in [0.15, 0.2) is 0 Å². The Kier molecular flexibility index (Phi) is 4.08. The minimum Gasteiger partial charge on any atom is -0.330 e. The Morgan fingerprint density at radius 3 is 2.70 bits per heavy atom. The topological polar surface area (TPSA) is 43.8 Å². The zero-order valence-corrected chi connectivity index (χ0v) is 12.3. The van der Waals surface area contributed by atoms with Crippen LogP contribution in [0.5, 0.6) is 0 Å². The predicted octanol–water partition coefficient (Wildman–Crippen LogP) is 3.89. The molecule has 3 nitrogen and oxygen atoms in total. The summed E-state index contributed by atoms with van der Waals surface area (Å²) in [6.45, 7) is 0.753. The molecule has 106 valence electrons. The van der Waals surface area contributed by atoms with E-state index in [1.807, 2.05) is 24.7 Å². The van der Waals surface area contributed by atoms with Gasteiger partial charge in [-0.05, 0) is 43.0 Å². The Morgan fingerprint density at radius 1 is 1.20 bits per heavy atom. The molecule has 2 unspecified atom stereocenters. The van der Waals surface area contributed by atoms with Gasteiger partial charge in [0.25, 0.3) is 0 Å². The maximum Gasteiger partial charge on any atom is 0.0953 e. The molecule has 0 amide bonds. The Bertz CT molecular complexity index is 561. The highest BCUT2D eigenvalue weighted by molar-refractivity contribution is 6.30. The number of nitrogens with zero attached hydrogens (tertiary/aromatic N) is 2. The number of aromatic nitrogens is 2. The first-order valence-electron chi connectivity index (χ1n) is 7.27. The van der Waals surface area contributed by atoms with Gasteiger partial charge in [-0.2, -0.15) is 0 Å². The van der Waals surface area contributed by atoms with Crippen molar-refractivity contribution in [3.8, 4) is 11.3 Å². The fraction of sp³-hybridized carbons (Fsp3) is 0.438. The molecular weight excluding hydrogens is 270 g/mol. The fourth-order valence-corrected chi connectivity index (χ4v) is 3.37. The van der Waals surface area contributed by atoms with Crippen molar-refractivity contribution < 1.29 is 0 Å². The molecule has 3 rings (SSSR count). The van der Waals surface area contributed by atoms with Crippen molar-refractivity contribution in [3.63, 3.8) is 0 Å². The normalized spacial score (nSPS) is 22.9. The van der Waals surface area contributed by atoms with Gasteiger partial charge in [0, 0.05) is 11.1 Å². The number of nitrogens with two attached hydrogens (primary N) is 1. The Labute approximate surface area is 124 Å². The maximum absolute atomic E-state index is 5.97. The van der Waals surface area contributed by atoms with Gasteiger partial charge in [0.1, 0.15) is 0 Å². The highest BCUT2D eigenvalue weighted by Crippen LogP contribution is 2.36. The highest BCUT2D eigenvalue weighted by Gasteiger charge is 2.26. The third-order valence-electron chi connectivity index (χ3n) is 4.34. The number of halogens is 1. The van der Waals surface area contributed by atoms with Gasteiger partial charge in [-0.3, -0.25) is 0 Å². The van der Waals surface area contributed by atoms with Crippen molar-refractivity contribution in [1.29, 1.82) is 0 Å². The summed E-state index contributed by atoms with van der Waals surface area (Å²) in [5, 5.41) is 0.761. The number of hydrogen-bond acceptors (Lipinski definition) is 2. The summed E-state index contributed by atoms with van der Waals surface area (Å²) < 4.78 is 2.31. The lowest BCUT2D eigenvalue weighted by molar-refractivity contribution is 0.246. The molecule has 4 heteroatoms. The van der Waals surface area contributed by atoms with Crippen LogP contribution in [0.3, 0.4) is 0 Å². The average molecular weight is 290 g/mol. The summed E-state index contributed by atoms with van der Waals surface area (Å²) in [4.78, 5) is 4.35. The van der Waals surface area contributed by atoms with Gasteiger partial charge >= 0.3 is 0 Å². The van der Waals surface area contributed by atoms with Gasteiger partial charge in [0.2, 0.25) is 0 Å². The van der Waals surface area contributed by atoms with Crippen LogP contribution < -0.4 is 5.73 Å². The molecule has 1 heterocycles. The van der Waals surface area contributed by atoms with E-state index in [9.17, 15) is 0 Å². The first kappa shape index (κ1) is 13.7. The minimum atomic E-state index is 0.474. The van der Waals surface area contributed by atoms with Gasteiger partial charge in [-0.15, -0.1) is 0 Å². The Balaban J connectivity index is 1.95. The molecule has 0 aliphatic heterocycles. The third-order valence-corrected chi connectivity index (χ3v) is 4.59. The molecule has 1 aromatic heterocycles. The van der Waals surface area contributed by atoms with Crippen LogP contribution in [0.15, 0.2) is 36.8 Å². The molecule has 1 aromatic carbocycles. The van der Waals surface area contributed by atoms with Gasteiger partial charge in [0.05, 0.1) is 18.2 Å². The van der Waals surface area contributed by atoms with Crippen molar-refractivity contribution in [3.05, 3.63) is 41.8 Å². The fourth-order valence-electron chi connectivity index (χ4n) is 3.24. The van der Waals surface area contributed by atoms with Crippen LogP contribution in [0.25, 0.3) is 11.3 Å². The van der Waals surface area contributed by atoms with Crippen molar-refractivity contribution in [2.24, 2.45) is 11.7 Å². The summed E-state index contributed by atoms with van der Waals surface area (Å²) in [5.41, 5.74) is 8.28. The smallest absolute Gasteiger partial charge is 0.0953 e. The van der Waals surface area contributed by atoms with E-state index >= 15 is 0 Å². The largest absolute Gasteiger partial charge is 0.330 e. The van der Waals surface area contributed by atoms with Gasteiger partial charge in [-0.1, -0.05) is 36.6 Å².